The van der Waals surface area contributed by atoms with Gasteiger partial charge in [0.2, 0.25) is 0 Å². The molecule has 1 aromatic carbocycles. The Balaban J connectivity index is 0.00000106. The molecule has 0 bridgehead atoms. The van der Waals surface area contributed by atoms with Crippen LogP contribution in [0, 0.1) is 0 Å². The normalized spacial score (nSPS) is 10.1. The lowest BCUT2D eigenvalue weighted by Crippen LogP contribution is -2.22. The van der Waals surface area contributed by atoms with E-state index in [-0.39, 0.29) is 11.3 Å². The van der Waals surface area contributed by atoms with Gasteiger partial charge in [-0.15, -0.1) is 0 Å². The summed E-state index contributed by atoms with van der Waals surface area (Å²) in [5, 5.41) is 9.95. The van der Waals surface area contributed by atoms with Crippen molar-refractivity contribution in [2.45, 2.75) is 26.9 Å². The average Bonchev–Trinajstić information content (AvgIpc) is 2.50. The Morgan fingerprint density at radius 3 is 2.29 bits per heavy atom. The third-order valence-electron chi connectivity index (χ3n) is 2.91. The Bertz CT molecular complexity index is 604. The van der Waals surface area contributed by atoms with E-state index in [1.165, 1.54) is 4.57 Å². The van der Waals surface area contributed by atoms with E-state index in [1.807, 2.05) is 63.2 Å². The van der Waals surface area contributed by atoms with Crippen LogP contribution in [0.25, 0.3) is 0 Å². The molecule has 0 radical (unpaired) electrons. The lowest BCUT2D eigenvalue weighted by molar-refractivity contribution is 0.381. The molecule has 0 amide bonds. The maximum Gasteiger partial charge on any atom is 0.293 e. The highest BCUT2D eigenvalue weighted by Crippen LogP contribution is 2.13. The van der Waals surface area contributed by atoms with Crippen LogP contribution in [0.5, 0.6) is 5.75 Å². The second kappa shape index (κ2) is 8.27. The molecule has 1 heterocycles. The second-order valence-electron chi connectivity index (χ2n) is 4.85. The van der Waals surface area contributed by atoms with Crippen LogP contribution in [0.15, 0.2) is 47.4 Å². The van der Waals surface area contributed by atoms with Gasteiger partial charge in [0.05, 0.1) is 6.54 Å². The Kier molecular flexibility index (Phi) is 6.69. The Hall–Kier alpha value is -2.07. The van der Waals surface area contributed by atoms with Gasteiger partial charge >= 0.3 is 0 Å². The van der Waals surface area contributed by atoms with Crippen molar-refractivity contribution in [3.8, 4) is 5.75 Å². The van der Waals surface area contributed by atoms with Gasteiger partial charge in [-0.1, -0.05) is 44.2 Å². The summed E-state index contributed by atoms with van der Waals surface area (Å²) in [5.74, 6) is -0.160. The molecule has 0 fully saturated rings. The number of nitrogens with zero attached hydrogens (tertiary/aromatic N) is 2. The molecule has 0 atom stereocenters. The van der Waals surface area contributed by atoms with Crippen LogP contribution < -0.4 is 5.56 Å². The Morgan fingerprint density at radius 2 is 1.71 bits per heavy atom. The fraction of sp³-hybridized carbons (Fsp3) is 0.353. The van der Waals surface area contributed by atoms with Crippen molar-refractivity contribution >= 4 is 0 Å². The van der Waals surface area contributed by atoms with Crippen LogP contribution in [0.4, 0.5) is 0 Å². The third-order valence-corrected chi connectivity index (χ3v) is 2.91. The molecule has 4 nitrogen and oxygen atoms in total. The molecule has 0 saturated heterocycles. The maximum absolute atomic E-state index is 12.1. The Labute approximate surface area is 126 Å². The van der Waals surface area contributed by atoms with Gasteiger partial charge in [0.1, 0.15) is 0 Å². The average molecular weight is 288 g/mol. The first kappa shape index (κ1) is 17.0. The van der Waals surface area contributed by atoms with E-state index in [2.05, 4.69) is 0 Å². The van der Waals surface area contributed by atoms with Gasteiger partial charge in [-0.3, -0.25) is 4.79 Å². The molecular weight excluding hydrogens is 264 g/mol. The summed E-state index contributed by atoms with van der Waals surface area (Å²) in [7, 11) is 3.80. The molecule has 0 aliphatic rings. The Morgan fingerprint density at radius 1 is 1.10 bits per heavy atom. The van der Waals surface area contributed by atoms with Crippen molar-refractivity contribution in [3.63, 3.8) is 0 Å². The first-order chi connectivity index (χ1) is 10.1. The number of hydrogen-bond donors (Lipinski definition) is 1. The summed E-state index contributed by atoms with van der Waals surface area (Å²) in [6, 6.07) is 11.5. The van der Waals surface area contributed by atoms with Crippen molar-refractivity contribution in [3.05, 3.63) is 64.1 Å². The molecule has 0 spiro atoms. The summed E-state index contributed by atoms with van der Waals surface area (Å²) in [6.45, 7) is 5.02. The largest absolute Gasteiger partial charge is 0.503 e. The quantitative estimate of drug-likeness (QED) is 0.941. The van der Waals surface area contributed by atoms with Gasteiger partial charge in [-0.05, 0) is 25.7 Å². The topological polar surface area (TPSA) is 45.5 Å². The van der Waals surface area contributed by atoms with Gasteiger partial charge in [0.15, 0.2) is 5.75 Å². The van der Waals surface area contributed by atoms with Crippen LogP contribution in [0.3, 0.4) is 0 Å². The fourth-order valence-electron chi connectivity index (χ4n) is 1.97. The van der Waals surface area contributed by atoms with Crippen LogP contribution in [0.2, 0.25) is 0 Å². The predicted octanol–water partition coefficient (Wildman–Crippen LogP) is 2.69. The predicted molar refractivity (Wildman–Crippen MR) is 86.6 cm³/mol. The lowest BCUT2D eigenvalue weighted by atomic mass is 10.2. The van der Waals surface area contributed by atoms with E-state index in [1.54, 1.807) is 12.3 Å². The van der Waals surface area contributed by atoms with Gasteiger partial charge in [0, 0.05) is 18.3 Å². The smallest absolute Gasteiger partial charge is 0.293 e. The van der Waals surface area contributed by atoms with Crippen molar-refractivity contribution in [1.29, 1.82) is 0 Å². The number of benzene rings is 1. The summed E-state index contributed by atoms with van der Waals surface area (Å²) in [5.41, 5.74) is 1.34. The molecular formula is C17H24N2O2. The fourth-order valence-corrected chi connectivity index (χ4v) is 1.97. The van der Waals surface area contributed by atoms with Crippen LogP contribution in [0.1, 0.15) is 25.0 Å². The number of rotatable bonds is 4. The molecule has 0 saturated carbocycles. The highest BCUT2D eigenvalue weighted by atomic mass is 16.3. The van der Waals surface area contributed by atoms with E-state index in [4.69, 9.17) is 0 Å². The zero-order valence-electron chi connectivity index (χ0n) is 13.2. The minimum Gasteiger partial charge on any atom is -0.503 e. The van der Waals surface area contributed by atoms with E-state index >= 15 is 0 Å². The van der Waals surface area contributed by atoms with E-state index in [0.717, 1.165) is 5.56 Å². The number of aromatic hydroxyl groups is 1. The van der Waals surface area contributed by atoms with Gasteiger partial charge in [0.25, 0.3) is 5.56 Å². The van der Waals surface area contributed by atoms with Crippen molar-refractivity contribution in [2.75, 3.05) is 14.1 Å². The standard InChI is InChI=1S/C15H18N2O2.C2H6/c1-16(2)11-13-8-9-17(15(19)14(13)18)10-12-6-4-3-5-7-12;1-2/h3-9,18H,10-11H2,1-2H3;1-2H3. The maximum atomic E-state index is 12.1. The summed E-state index contributed by atoms with van der Waals surface area (Å²) >= 11 is 0. The first-order valence-electron chi connectivity index (χ1n) is 7.18. The zero-order valence-corrected chi connectivity index (χ0v) is 13.2. The molecule has 1 aromatic heterocycles. The highest BCUT2D eigenvalue weighted by molar-refractivity contribution is 5.29. The van der Waals surface area contributed by atoms with E-state index in [9.17, 15) is 9.90 Å². The van der Waals surface area contributed by atoms with Crippen molar-refractivity contribution in [2.24, 2.45) is 0 Å². The SMILES string of the molecule is CC.CN(C)Cc1ccn(Cc2ccccc2)c(=O)c1O. The van der Waals surface area contributed by atoms with Crippen molar-refractivity contribution < 1.29 is 5.11 Å². The molecule has 0 aliphatic heterocycles. The van der Waals surface area contributed by atoms with Gasteiger partial charge in [-0.25, -0.2) is 0 Å². The number of hydrogen-bond acceptors (Lipinski definition) is 3. The highest BCUT2D eigenvalue weighted by Gasteiger charge is 2.09. The van der Waals surface area contributed by atoms with Gasteiger partial charge in [-0.2, -0.15) is 0 Å². The van der Waals surface area contributed by atoms with Crippen LogP contribution >= 0.6 is 0 Å². The summed E-state index contributed by atoms with van der Waals surface area (Å²) in [6.07, 6.45) is 1.73. The molecule has 1 N–H and O–H groups in total. The minimum absolute atomic E-state index is 0.160. The van der Waals surface area contributed by atoms with Gasteiger partial charge < -0.3 is 14.6 Å². The second-order valence-corrected chi connectivity index (χ2v) is 4.85. The van der Waals surface area contributed by atoms with Crippen molar-refractivity contribution in [1.82, 2.24) is 9.47 Å². The van der Waals surface area contributed by atoms with E-state index in [0.29, 0.717) is 18.7 Å². The number of pyridine rings is 1. The summed E-state index contributed by atoms with van der Waals surface area (Å²) < 4.78 is 1.52. The molecule has 114 valence electrons. The third kappa shape index (κ3) is 4.76. The van der Waals surface area contributed by atoms with Crippen LogP contribution in [-0.2, 0) is 13.1 Å². The monoisotopic (exact) mass is 288 g/mol. The molecule has 21 heavy (non-hydrogen) atoms. The minimum atomic E-state index is -0.344. The van der Waals surface area contributed by atoms with Crippen LogP contribution in [-0.4, -0.2) is 28.7 Å². The van der Waals surface area contributed by atoms with E-state index < -0.39 is 0 Å². The first-order valence-corrected chi connectivity index (χ1v) is 7.18. The molecule has 0 unspecified atom stereocenters. The summed E-state index contributed by atoms with van der Waals surface area (Å²) in [4.78, 5) is 14.0. The molecule has 2 aromatic rings. The zero-order chi connectivity index (χ0) is 15.8. The molecule has 0 aliphatic carbocycles. The lowest BCUT2D eigenvalue weighted by Gasteiger charge is -2.13. The molecule has 2 rings (SSSR count). The number of aromatic nitrogens is 1. The molecule has 4 heteroatoms.